The summed E-state index contributed by atoms with van der Waals surface area (Å²) in [5.41, 5.74) is 5.48. The fourth-order valence-electron chi connectivity index (χ4n) is 2.29. The molecule has 0 aliphatic heterocycles. The largest absolute Gasteiger partial charge is 0.370 e. The van der Waals surface area contributed by atoms with Crippen molar-refractivity contribution in [1.29, 1.82) is 0 Å². The smallest absolute Gasteiger partial charge is 0.214 e. The highest BCUT2D eigenvalue weighted by Gasteiger charge is 2.28. The van der Waals surface area contributed by atoms with Crippen LogP contribution in [0.4, 0.5) is 0 Å². The van der Waals surface area contributed by atoms with Crippen LogP contribution in [0.15, 0.2) is 24.3 Å². The molecule has 1 saturated carbocycles. The molecule has 0 saturated heterocycles. The van der Waals surface area contributed by atoms with Crippen molar-refractivity contribution in [2.45, 2.75) is 39.0 Å². The second-order valence-electron chi connectivity index (χ2n) is 5.04. The van der Waals surface area contributed by atoms with Gasteiger partial charge in [0.2, 0.25) is 5.91 Å². The summed E-state index contributed by atoms with van der Waals surface area (Å²) >= 11 is 6.11. The number of amides is 1. The van der Waals surface area contributed by atoms with Gasteiger partial charge in [-0.15, -0.1) is 0 Å². The summed E-state index contributed by atoms with van der Waals surface area (Å²) in [7, 11) is 0. The molecular formula is C15H20ClNO2. The standard InChI is InChI=1S/C13H15ClO.C2H5NO/c1-9-6-7-11(13(15)8-9)10-4-2-3-5-12(10)14;1-2(3)4/h2-5,9,11H,6-8H2,1H3;1H3,(H2,3,4)/t9-,11?;/m1./s1. The first-order valence-electron chi connectivity index (χ1n) is 6.45. The van der Waals surface area contributed by atoms with Gasteiger partial charge in [0.15, 0.2) is 0 Å². The molecule has 0 heterocycles. The van der Waals surface area contributed by atoms with E-state index in [9.17, 15) is 9.59 Å². The normalized spacial score (nSPS) is 22.4. The van der Waals surface area contributed by atoms with E-state index >= 15 is 0 Å². The van der Waals surface area contributed by atoms with Crippen molar-refractivity contribution < 1.29 is 9.59 Å². The lowest BCUT2D eigenvalue weighted by molar-refractivity contribution is -0.123. The Balaban J connectivity index is 0.000000399. The van der Waals surface area contributed by atoms with Gasteiger partial charge in [0.25, 0.3) is 0 Å². The van der Waals surface area contributed by atoms with E-state index in [1.165, 1.54) is 6.92 Å². The molecule has 3 nitrogen and oxygen atoms in total. The van der Waals surface area contributed by atoms with Crippen LogP contribution in [0.3, 0.4) is 0 Å². The van der Waals surface area contributed by atoms with Crippen LogP contribution in [0.5, 0.6) is 0 Å². The number of benzene rings is 1. The van der Waals surface area contributed by atoms with Gasteiger partial charge in [-0.1, -0.05) is 36.7 Å². The summed E-state index contributed by atoms with van der Waals surface area (Å²) in [5, 5.41) is 0.727. The number of nitrogens with two attached hydrogens (primary N) is 1. The van der Waals surface area contributed by atoms with E-state index in [4.69, 9.17) is 11.6 Å². The van der Waals surface area contributed by atoms with E-state index in [1.807, 2.05) is 24.3 Å². The van der Waals surface area contributed by atoms with Crippen LogP contribution in [0, 0.1) is 5.92 Å². The summed E-state index contributed by atoms with van der Waals surface area (Å²) in [4.78, 5) is 21.1. The van der Waals surface area contributed by atoms with Crippen molar-refractivity contribution in [3.8, 4) is 0 Å². The zero-order chi connectivity index (χ0) is 14.4. The fourth-order valence-corrected chi connectivity index (χ4v) is 2.55. The lowest BCUT2D eigenvalue weighted by atomic mass is 9.78. The van der Waals surface area contributed by atoms with Crippen LogP contribution >= 0.6 is 11.6 Å². The van der Waals surface area contributed by atoms with Crippen molar-refractivity contribution >= 4 is 23.3 Å². The van der Waals surface area contributed by atoms with Crippen molar-refractivity contribution in [2.75, 3.05) is 0 Å². The number of carbonyl (C=O) groups excluding carboxylic acids is 2. The van der Waals surface area contributed by atoms with Crippen molar-refractivity contribution in [3.63, 3.8) is 0 Å². The molecule has 1 aromatic rings. The fraction of sp³-hybridized carbons (Fsp3) is 0.467. The number of hydrogen-bond donors (Lipinski definition) is 1. The molecular weight excluding hydrogens is 262 g/mol. The minimum absolute atomic E-state index is 0.0369. The number of carbonyl (C=O) groups is 2. The number of primary amides is 1. The van der Waals surface area contributed by atoms with E-state index in [0.29, 0.717) is 18.1 Å². The molecule has 0 radical (unpaired) electrons. The quantitative estimate of drug-likeness (QED) is 0.858. The number of ketones is 1. The van der Waals surface area contributed by atoms with E-state index < -0.39 is 0 Å². The van der Waals surface area contributed by atoms with Crippen molar-refractivity contribution in [1.82, 2.24) is 0 Å². The maximum atomic E-state index is 11.9. The Hall–Kier alpha value is -1.35. The van der Waals surface area contributed by atoms with Crippen LogP contribution in [-0.2, 0) is 9.59 Å². The Kier molecular flexibility index (Phi) is 6.03. The highest BCUT2D eigenvalue weighted by Crippen LogP contribution is 2.35. The number of halogens is 1. The van der Waals surface area contributed by atoms with Crippen LogP contribution < -0.4 is 5.73 Å². The lowest BCUT2D eigenvalue weighted by Crippen LogP contribution is -2.22. The molecule has 2 atom stereocenters. The predicted molar refractivity (Wildman–Crippen MR) is 77.1 cm³/mol. The topological polar surface area (TPSA) is 60.2 Å². The molecule has 1 aliphatic rings. The summed E-state index contributed by atoms with van der Waals surface area (Å²) in [5.74, 6) is 0.591. The Labute approximate surface area is 119 Å². The first kappa shape index (κ1) is 15.7. The summed E-state index contributed by atoms with van der Waals surface area (Å²) in [6.07, 6.45) is 2.78. The number of hydrogen-bond acceptors (Lipinski definition) is 2. The monoisotopic (exact) mass is 281 g/mol. The van der Waals surface area contributed by atoms with E-state index in [1.54, 1.807) is 0 Å². The van der Waals surface area contributed by atoms with Gasteiger partial charge in [-0.05, 0) is 30.4 Å². The van der Waals surface area contributed by atoms with Gasteiger partial charge in [0.1, 0.15) is 5.78 Å². The van der Waals surface area contributed by atoms with E-state index in [0.717, 1.165) is 23.4 Å². The predicted octanol–water partition coefficient (Wildman–Crippen LogP) is 3.30. The highest BCUT2D eigenvalue weighted by atomic mass is 35.5. The van der Waals surface area contributed by atoms with Gasteiger partial charge in [0.05, 0.1) is 0 Å². The van der Waals surface area contributed by atoms with Gasteiger partial charge in [-0.2, -0.15) is 0 Å². The number of Topliss-reactive ketones (excluding diaryl/α,β-unsaturated/α-hetero) is 1. The third-order valence-electron chi connectivity index (χ3n) is 3.17. The maximum absolute atomic E-state index is 11.9. The third-order valence-corrected chi connectivity index (χ3v) is 3.51. The van der Waals surface area contributed by atoms with E-state index in [2.05, 4.69) is 12.7 Å². The molecule has 1 aliphatic carbocycles. The van der Waals surface area contributed by atoms with Gasteiger partial charge >= 0.3 is 0 Å². The SMILES string of the molecule is CC(N)=O.C[C@@H]1CCC(c2ccccc2Cl)C(=O)C1. The second-order valence-corrected chi connectivity index (χ2v) is 5.44. The molecule has 104 valence electrons. The summed E-state index contributed by atoms with van der Waals surface area (Å²) in [6.45, 7) is 3.45. The highest BCUT2D eigenvalue weighted by molar-refractivity contribution is 6.31. The van der Waals surface area contributed by atoms with Crippen LogP contribution in [-0.4, -0.2) is 11.7 Å². The molecule has 1 fully saturated rings. The number of rotatable bonds is 1. The molecule has 0 aromatic heterocycles. The van der Waals surface area contributed by atoms with Crippen molar-refractivity contribution in [3.05, 3.63) is 34.9 Å². The Bertz CT molecular complexity index is 455. The minimum Gasteiger partial charge on any atom is -0.370 e. The zero-order valence-electron chi connectivity index (χ0n) is 11.4. The Morgan fingerprint density at radius 1 is 1.32 bits per heavy atom. The molecule has 19 heavy (non-hydrogen) atoms. The molecule has 2 rings (SSSR count). The van der Waals surface area contributed by atoms with Crippen LogP contribution in [0.1, 0.15) is 44.6 Å². The first-order valence-corrected chi connectivity index (χ1v) is 6.82. The molecule has 0 spiro atoms. The summed E-state index contributed by atoms with van der Waals surface area (Å²) in [6, 6.07) is 7.69. The maximum Gasteiger partial charge on any atom is 0.214 e. The molecule has 4 heteroatoms. The van der Waals surface area contributed by atoms with Gasteiger partial charge in [-0.25, -0.2) is 0 Å². The van der Waals surface area contributed by atoms with Crippen LogP contribution in [0.25, 0.3) is 0 Å². The second kappa shape index (κ2) is 7.29. The lowest BCUT2D eigenvalue weighted by Gasteiger charge is -2.25. The Morgan fingerprint density at radius 3 is 2.42 bits per heavy atom. The zero-order valence-corrected chi connectivity index (χ0v) is 12.1. The van der Waals surface area contributed by atoms with Gasteiger partial charge in [-0.3, -0.25) is 9.59 Å². The van der Waals surface area contributed by atoms with Crippen molar-refractivity contribution in [2.24, 2.45) is 11.7 Å². The van der Waals surface area contributed by atoms with Gasteiger partial charge < -0.3 is 5.73 Å². The minimum atomic E-state index is -0.333. The molecule has 1 amide bonds. The molecule has 0 bridgehead atoms. The molecule has 1 unspecified atom stereocenters. The Morgan fingerprint density at radius 2 is 1.89 bits per heavy atom. The molecule has 2 N–H and O–H groups in total. The van der Waals surface area contributed by atoms with Gasteiger partial charge in [0, 0.05) is 24.3 Å². The molecule has 1 aromatic carbocycles. The average Bonchev–Trinajstić information content (AvgIpc) is 2.30. The first-order chi connectivity index (χ1) is 8.91. The van der Waals surface area contributed by atoms with E-state index in [-0.39, 0.29) is 11.8 Å². The third kappa shape index (κ3) is 5.03. The van der Waals surface area contributed by atoms with Crippen LogP contribution in [0.2, 0.25) is 5.02 Å². The average molecular weight is 282 g/mol. The summed E-state index contributed by atoms with van der Waals surface area (Å²) < 4.78 is 0.